The van der Waals surface area contributed by atoms with Crippen LogP contribution in [0, 0.1) is 5.92 Å². The second-order valence-corrected chi connectivity index (χ2v) is 4.33. The first-order valence-electron chi connectivity index (χ1n) is 5.72. The van der Waals surface area contributed by atoms with Gasteiger partial charge in [0.05, 0.1) is 11.7 Å². The molecule has 0 radical (unpaired) electrons. The van der Waals surface area contributed by atoms with Gasteiger partial charge < -0.3 is 14.6 Å². The summed E-state index contributed by atoms with van der Waals surface area (Å²) in [5.41, 5.74) is 0.527. The molecule has 4 nitrogen and oxygen atoms in total. The summed E-state index contributed by atoms with van der Waals surface area (Å²) in [6, 6.07) is 8.82. The molecule has 1 N–H and O–H groups in total. The highest BCUT2D eigenvalue weighted by Gasteiger charge is 2.31. The highest BCUT2D eigenvalue weighted by atomic mass is 16.6. The minimum absolute atomic E-state index is 0.0930. The predicted molar refractivity (Wildman–Crippen MR) is 61.4 cm³/mol. The molecule has 1 unspecified atom stereocenters. The minimum atomic E-state index is -0.740. The molecule has 1 saturated heterocycles. The number of hydrogen-bond acceptors (Lipinski definition) is 4. The zero-order valence-electron chi connectivity index (χ0n) is 9.70. The quantitative estimate of drug-likeness (QED) is 0.810. The Morgan fingerprint density at radius 1 is 1.47 bits per heavy atom. The van der Waals surface area contributed by atoms with Crippen LogP contribution in [0.3, 0.4) is 0 Å². The molecule has 2 rings (SSSR count). The van der Waals surface area contributed by atoms with Gasteiger partial charge in [-0.3, -0.25) is 0 Å². The third-order valence-electron chi connectivity index (χ3n) is 2.86. The number of rotatable bonds is 3. The Kier molecular flexibility index (Phi) is 3.76. The highest BCUT2D eigenvalue weighted by molar-refractivity contribution is 5.89. The average molecular weight is 236 g/mol. The van der Waals surface area contributed by atoms with Crippen molar-refractivity contribution in [1.82, 2.24) is 0 Å². The Labute approximate surface area is 100 Å². The Morgan fingerprint density at radius 2 is 2.18 bits per heavy atom. The van der Waals surface area contributed by atoms with Gasteiger partial charge in [0.25, 0.3) is 0 Å². The van der Waals surface area contributed by atoms with Crippen LogP contribution in [-0.4, -0.2) is 30.1 Å². The molecular weight excluding hydrogens is 220 g/mol. The third-order valence-corrected chi connectivity index (χ3v) is 2.86. The second-order valence-electron chi connectivity index (χ2n) is 4.33. The Morgan fingerprint density at radius 3 is 2.76 bits per heavy atom. The molecule has 4 heteroatoms. The average Bonchev–Trinajstić information content (AvgIpc) is 2.67. The maximum atomic E-state index is 11.6. The van der Waals surface area contributed by atoms with Crippen molar-refractivity contribution in [1.29, 1.82) is 0 Å². The number of aliphatic hydroxyl groups is 1. The van der Waals surface area contributed by atoms with Gasteiger partial charge in [0, 0.05) is 5.92 Å². The van der Waals surface area contributed by atoms with Gasteiger partial charge >= 0.3 is 5.97 Å². The lowest BCUT2D eigenvalue weighted by atomic mass is 10.1. The number of benzene rings is 1. The van der Waals surface area contributed by atoms with Crippen molar-refractivity contribution in [2.45, 2.75) is 25.7 Å². The Balaban J connectivity index is 1.81. The summed E-state index contributed by atoms with van der Waals surface area (Å²) in [5.74, 6) is -0.265. The molecule has 0 saturated carbocycles. The van der Waals surface area contributed by atoms with Crippen molar-refractivity contribution in [3.8, 4) is 0 Å². The van der Waals surface area contributed by atoms with E-state index in [1.165, 1.54) is 0 Å². The van der Waals surface area contributed by atoms with Crippen molar-refractivity contribution in [3.63, 3.8) is 0 Å². The Hall–Kier alpha value is -1.39. The number of esters is 1. The first-order valence-corrected chi connectivity index (χ1v) is 5.72. The molecule has 17 heavy (non-hydrogen) atoms. The standard InChI is InChI=1S/C13H16O4/c1-9-7-11(17-12(9)14)8-16-13(15)10-5-3-2-4-6-10/h2-6,9,11-12,14H,7-8H2,1H3/t9-,11?,12+/m0/s1. The van der Waals surface area contributed by atoms with E-state index in [-0.39, 0.29) is 24.6 Å². The second kappa shape index (κ2) is 5.29. The van der Waals surface area contributed by atoms with Crippen LogP contribution >= 0.6 is 0 Å². The topological polar surface area (TPSA) is 55.8 Å². The van der Waals surface area contributed by atoms with E-state index in [0.29, 0.717) is 12.0 Å². The molecule has 0 amide bonds. The van der Waals surface area contributed by atoms with E-state index < -0.39 is 6.29 Å². The van der Waals surface area contributed by atoms with E-state index in [4.69, 9.17) is 9.47 Å². The van der Waals surface area contributed by atoms with Crippen LogP contribution in [-0.2, 0) is 9.47 Å². The maximum Gasteiger partial charge on any atom is 0.338 e. The molecule has 92 valence electrons. The van der Waals surface area contributed by atoms with Gasteiger partial charge in [-0.2, -0.15) is 0 Å². The van der Waals surface area contributed by atoms with E-state index in [1.807, 2.05) is 13.0 Å². The van der Waals surface area contributed by atoms with Gasteiger partial charge in [-0.15, -0.1) is 0 Å². The zero-order chi connectivity index (χ0) is 12.3. The lowest BCUT2D eigenvalue weighted by Gasteiger charge is -2.10. The van der Waals surface area contributed by atoms with E-state index in [0.717, 1.165) is 0 Å². The van der Waals surface area contributed by atoms with Crippen molar-refractivity contribution >= 4 is 5.97 Å². The highest BCUT2D eigenvalue weighted by Crippen LogP contribution is 2.24. The first-order chi connectivity index (χ1) is 8.16. The number of carbonyl (C=O) groups is 1. The van der Waals surface area contributed by atoms with Crippen LogP contribution in [0.2, 0.25) is 0 Å². The fourth-order valence-corrected chi connectivity index (χ4v) is 1.85. The van der Waals surface area contributed by atoms with Crippen LogP contribution in [0.4, 0.5) is 0 Å². The smallest absolute Gasteiger partial charge is 0.338 e. The summed E-state index contributed by atoms with van der Waals surface area (Å²) in [4.78, 5) is 11.6. The number of ether oxygens (including phenoxy) is 2. The van der Waals surface area contributed by atoms with Gasteiger partial charge in [-0.25, -0.2) is 4.79 Å². The van der Waals surface area contributed by atoms with Crippen LogP contribution in [0.1, 0.15) is 23.7 Å². The van der Waals surface area contributed by atoms with Crippen LogP contribution in [0.25, 0.3) is 0 Å². The van der Waals surface area contributed by atoms with Crippen LogP contribution < -0.4 is 0 Å². The molecule has 0 bridgehead atoms. The van der Waals surface area contributed by atoms with Crippen molar-refractivity contribution in [2.24, 2.45) is 5.92 Å². The van der Waals surface area contributed by atoms with Gasteiger partial charge in [-0.05, 0) is 18.6 Å². The van der Waals surface area contributed by atoms with E-state index in [2.05, 4.69) is 0 Å². The fraction of sp³-hybridized carbons (Fsp3) is 0.462. The lowest BCUT2D eigenvalue weighted by Crippen LogP contribution is -2.19. The van der Waals surface area contributed by atoms with Crippen LogP contribution in [0.15, 0.2) is 30.3 Å². The maximum absolute atomic E-state index is 11.6. The lowest BCUT2D eigenvalue weighted by molar-refractivity contribution is -0.115. The molecule has 1 aromatic carbocycles. The SMILES string of the molecule is C[C@H]1CC(COC(=O)c2ccccc2)O[C@H]1O. The summed E-state index contributed by atoms with van der Waals surface area (Å²) in [7, 11) is 0. The van der Waals surface area contributed by atoms with Crippen molar-refractivity contribution < 1.29 is 19.4 Å². The monoisotopic (exact) mass is 236 g/mol. The molecule has 0 aromatic heterocycles. The van der Waals surface area contributed by atoms with E-state index in [1.54, 1.807) is 24.3 Å². The van der Waals surface area contributed by atoms with E-state index >= 15 is 0 Å². The van der Waals surface area contributed by atoms with E-state index in [9.17, 15) is 9.90 Å². The first kappa shape index (κ1) is 12.1. The molecule has 1 heterocycles. The molecular formula is C13H16O4. The molecule has 0 spiro atoms. The molecule has 1 aromatic rings. The largest absolute Gasteiger partial charge is 0.459 e. The van der Waals surface area contributed by atoms with Crippen molar-refractivity contribution in [2.75, 3.05) is 6.61 Å². The Bertz CT molecular complexity index is 366. The molecule has 1 aliphatic heterocycles. The van der Waals surface area contributed by atoms with Gasteiger partial charge in [0.1, 0.15) is 6.61 Å². The number of carbonyl (C=O) groups excluding carboxylic acids is 1. The summed E-state index contributed by atoms with van der Waals surface area (Å²) in [5, 5.41) is 9.39. The number of aliphatic hydroxyl groups excluding tert-OH is 1. The summed E-state index contributed by atoms with van der Waals surface area (Å²) in [6.45, 7) is 2.10. The summed E-state index contributed by atoms with van der Waals surface area (Å²) in [6.07, 6.45) is -0.230. The predicted octanol–water partition coefficient (Wildman–Crippen LogP) is 1.59. The van der Waals surface area contributed by atoms with Crippen molar-refractivity contribution in [3.05, 3.63) is 35.9 Å². The van der Waals surface area contributed by atoms with Crippen LogP contribution in [0.5, 0.6) is 0 Å². The summed E-state index contributed by atoms with van der Waals surface area (Å²) < 4.78 is 10.4. The summed E-state index contributed by atoms with van der Waals surface area (Å²) >= 11 is 0. The number of hydrogen-bond donors (Lipinski definition) is 1. The van der Waals surface area contributed by atoms with Gasteiger partial charge in [0.15, 0.2) is 6.29 Å². The third kappa shape index (κ3) is 3.05. The minimum Gasteiger partial charge on any atom is -0.459 e. The molecule has 3 atom stereocenters. The fourth-order valence-electron chi connectivity index (χ4n) is 1.85. The van der Waals surface area contributed by atoms with Gasteiger partial charge in [-0.1, -0.05) is 25.1 Å². The molecule has 0 aliphatic carbocycles. The normalized spacial score (nSPS) is 28.0. The van der Waals surface area contributed by atoms with Gasteiger partial charge in [0.2, 0.25) is 0 Å². The molecule has 1 aliphatic rings. The zero-order valence-corrected chi connectivity index (χ0v) is 9.70. The molecule has 1 fully saturated rings.